The monoisotopic (exact) mass is 383 g/mol. The summed E-state index contributed by atoms with van der Waals surface area (Å²) in [4.78, 5) is 17.9. The molecule has 0 fully saturated rings. The molecule has 3 N–H and O–H groups in total. The third-order valence-corrected chi connectivity index (χ3v) is 4.44. The van der Waals surface area contributed by atoms with Crippen LogP contribution >= 0.6 is 11.6 Å². The Hall–Kier alpha value is -3.25. The van der Waals surface area contributed by atoms with Crippen LogP contribution in [-0.2, 0) is 4.74 Å². The Bertz CT molecular complexity index is 990. The molecule has 2 aromatic carbocycles. The Morgan fingerprint density at radius 2 is 1.78 bits per heavy atom. The maximum Gasteiger partial charge on any atom is 0.341 e. The standard InChI is InChI=1S/C20H18ClN3O3/c1-24(13-5-3-12(21)4-6-13)14-7-10-18(25)16(11-14)17-9-8-15(19(22)23-17)20(26)27-2/h3-11,25H,1-2H3,(H2,22,23). The number of phenolic OH excluding ortho intramolecular Hbond substituents is 1. The van der Waals surface area contributed by atoms with Gasteiger partial charge in [-0.3, -0.25) is 0 Å². The van der Waals surface area contributed by atoms with E-state index < -0.39 is 5.97 Å². The first kappa shape index (κ1) is 18.5. The summed E-state index contributed by atoms with van der Waals surface area (Å²) < 4.78 is 4.67. The number of rotatable bonds is 4. The fourth-order valence-electron chi connectivity index (χ4n) is 2.66. The zero-order valence-corrected chi connectivity index (χ0v) is 15.6. The van der Waals surface area contributed by atoms with Crippen LogP contribution in [-0.4, -0.2) is 30.2 Å². The summed E-state index contributed by atoms with van der Waals surface area (Å²) in [7, 11) is 3.18. The number of carbonyl (C=O) groups excluding carboxylic acids is 1. The second-order valence-corrected chi connectivity index (χ2v) is 6.29. The Balaban J connectivity index is 1.99. The topological polar surface area (TPSA) is 88.7 Å². The minimum atomic E-state index is -0.563. The molecular weight excluding hydrogens is 366 g/mol. The van der Waals surface area contributed by atoms with Crippen LogP contribution in [0.15, 0.2) is 54.6 Å². The van der Waals surface area contributed by atoms with E-state index in [1.165, 1.54) is 13.2 Å². The van der Waals surface area contributed by atoms with E-state index in [9.17, 15) is 9.90 Å². The molecule has 6 nitrogen and oxygen atoms in total. The maximum absolute atomic E-state index is 11.7. The fourth-order valence-corrected chi connectivity index (χ4v) is 2.79. The van der Waals surface area contributed by atoms with E-state index in [-0.39, 0.29) is 17.1 Å². The number of ether oxygens (including phenoxy) is 1. The number of aromatic hydroxyl groups is 1. The quantitative estimate of drug-likeness (QED) is 0.655. The zero-order chi connectivity index (χ0) is 19.6. The number of pyridine rings is 1. The Morgan fingerprint density at radius 1 is 1.11 bits per heavy atom. The number of hydrogen-bond acceptors (Lipinski definition) is 6. The van der Waals surface area contributed by atoms with Gasteiger partial charge < -0.3 is 20.5 Å². The first-order valence-corrected chi connectivity index (χ1v) is 8.46. The van der Waals surface area contributed by atoms with E-state index in [2.05, 4.69) is 9.72 Å². The molecule has 7 heteroatoms. The number of aromatic nitrogens is 1. The van der Waals surface area contributed by atoms with Crippen molar-refractivity contribution in [3.8, 4) is 17.0 Å². The van der Waals surface area contributed by atoms with Crippen molar-refractivity contribution in [2.45, 2.75) is 0 Å². The van der Waals surface area contributed by atoms with Crippen molar-refractivity contribution in [3.63, 3.8) is 0 Å². The van der Waals surface area contributed by atoms with E-state index >= 15 is 0 Å². The van der Waals surface area contributed by atoms with Crippen LogP contribution in [0.2, 0.25) is 5.02 Å². The predicted octanol–water partition coefficient (Wildman–Crippen LogP) is 4.24. The second-order valence-electron chi connectivity index (χ2n) is 5.86. The third kappa shape index (κ3) is 3.80. The van der Waals surface area contributed by atoms with Gasteiger partial charge in [0.25, 0.3) is 0 Å². The number of esters is 1. The highest BCUT2D eigenvalue weighted by atomic mass is 35.5. The van der Waals surface area contributed by atoms with Gasteiger partial charge in [0.1, 0.15) is 17.1 Å². The predicted molar refractivity (Wildman–Crippen MR) is 107 cm³/mol. The van der Waals surface area contributed by atoms with Crippen LogP contribution in [0.1, 0.15) is 10.4 Å². The highest BCUT2D eigenvalue weighted by Gasteiger charge is 2.15. The van der Waals surface area contributed by atoms with Gasteiger partial charge in [-0.15, -0.1) is 0 Å². The van der Waals surface area contributed by atoms with Crippen molar-refractivity contribution in [1.82, 2.24) is 4.98 Å². The lowest BCUT2D eigenvalue weighted by Gasteiger charge is -2.21. The maximum atomic E-state index is 11.7. The van der Waals surface area contributed by atoms with E-state index in [1.54, 1.807) is 24.3 Å². The molecule has 0 spiro atoms. The number of anilines is 3. The summed E-state index contributed by atoms with van der Waals surface area (Å²) in [6.07, 6.45) is 0. The lowest BCUT2D eigenvalue weighted by Crippen LogP contribution is -2.09. The van der Waals surface area contributed by atoms with Gasteiger partial charge in [0.15, 0.2) is 0 Å². The van der Waals surface area contributed by atoms with Gasteiger partial charge in [-0.2, -0.15) is 0 Å². The van der Waals surface area contributed by atoms with Gasteiger partial charge in [-0.25, -0.2) is 9.78 Å². The SMILES string of the molecule is COC(=O)c1ccc(-c2cc(N(C)c3ccc(Cl)cc3)ccc2O)nc1N. The second kappa shape index (κ2) is 7.55. The molecule has 1 aromatic heterocycles. The molecule has 27 heavy (non-hydrogen) atoms. The normalized spacial score (nSPS) is 10.5. The average molecular weight is 384 g/mol. The summed E-state index contributed by atoms with van der Waals surface area (Å²) >= 11 is 5.94. The number of hydrogen-bond donors (Lipinski definition) is 2. The van der Waals surface area contributed by atoms with Crippen LogP contribution in [0.25, 0.3) is 11.3 Å². The zero-order valence-electron chi connectivity index (χ0n) is 14.8. The summed E-state index contributed by atoms with van der Waals surface area (Å²) in [5.41, 5.74) is 8.76. The van der Waals surface area contributed by atoms with Crippen LogP contribution in [0.5, 0.6) is 5.75 Å². The fraction of sp³-hybridized carbons (Fsp3) is 0.100. The molecule has 3 aromatic rings. The summed E-state index contributed by atoms with van der Waals surface area (Å²) in [5.74, 6) is -0.469. The highest BCUT2D eigenvalue weighted by molar-refractivity contribution is 6.30. The number of nitrogens with two attached hydrogens (primary N) is 1. The lowest BCUT2D eigenvalue weighted by molar-refractivity contribution is 0.0601. The van der Waals surface area contributed by atoms with Crippen molar-refractivity contribution in [2.24, 2.45) is 0 Å². The van der Waals surface area contributed by atoms with Gasteiger partial charge in [0, 0.05) is 29.0 Å². The molecule has 0 aliphatic heterocycles. The Kier molecular flexibility index (Phi) is 5.19. The lowest BCUT2D eigenvalue weighted by atomic mass is 10.1. The smallest absolute Gasteiger partial charge is 0.341 e. The molecule has 0 aliphatic rings. The summed E-state index contributed by atoms with van der Waals surface area (Å²) in [6.45, 7) is 0. The number of phenols is 1. The van der Waals surface area contributed by atoms with E-state index in [0.717, 1.165) is 11.4 Å². The van der Waals surface area contributed by atoms with Crippen molar-refractivity contribution < 1.29 is 14.6 Å². The van der Waals surface area contributed by atoms with Gasteiger partial charge in [-0.05, 0) is 54.6 Å². The minimum Gasteiger partial charge on any atom is -0.507 e. The number of nitrogen functional groups attached to an aromatic ring is 1. The van der Waals surface area contributed by atoms with Crippen LogP contribution < -0.4 is 10.6 Å². The number of benzene rings is 2. The molecule has 0 saturated heterocycles. The van der Waals surface area contributed by atoms with Crippen LogP contribution in [0.3, 0.4) is 0 Å². The number of carbonyl (C=O) groups is 1. The first-order valence-electron chi connectivity index (χ1n) is 8.08. The first-order chi connectivity index (χ1) is 12.9. The number of halogens is 1. The van der Waals surface area contributed by atoms with Gasteiger partial charge in [0.2, 0.25) is 0 Å². The van der Waals surface area contributed by atoms with Crippen LogP contribution in [0.4, 0.5) is 17.2 Å². The van der Waals surface area contributed by atoms with Gasteiger partial charge >= 0.3 is 5.97 Å². The molecule has 0 bridgehead atoms. The van der Waals surface area contributed by atoms with E-state index in [0.29, 0.717) is 16.3 Å². The molecule has 138 valence electrons. The van der Waals surface area contributed by atoms with Crippen molar-refractivity contribution in [3.05, 3.63) is 65.2 Å². The number of nitrogens with zero attached hydrogens (tertiary/aromatic N) is 2. The molecule has 0 amide bonds. The molecule has 1 heterocycles. The molecule has 3 rings (SSSR count). The minimum absolute atomic E-state index is 0.0372. The van der Waals surface area contributed by atoms with Crippen LogP contribution in [0, 0.1) is 0 Å². The molecule has 0 saturated carbocycles. The number of methoxy groups -OCH3 is 1. The van der Waals surface area contributed by atoms with Crippen molar-refractivity contribution in [2.75, 3.05) is 24.8 Å². The largest absolute Gasteiger partial charge is 0.507 e. The molecule has 0 aliphatic carbocycles. The Labute approximate surface area is 161 Å². The summed E-state index contributed by atoms with van der Waals surface area (Å²) in [5, 5.41) is 10.9. The highest BCUT2D eigenvalue weighted by Crippen LogP contribution is 2.35. The van der Waals surface area contributed by atoms with E-state index in [1.807, 2.05) is 36.2 Å². The molecule has 0 unspecified atom stereocenters. The van der Waals surface area contributed by atoms with Gasteiger partial charge in [-0.1, -0.05) is 11.6 Å². The molecule has 0 atom stereocenters. The molecular formula is C20H18ClN3O3. The van der Waals surface area contributed by atoms with Crippen molar-refractivity contribution >= 4 is 34.8 Å². The summed E-state index contributed by atoms with van der Waals surface area (Å²) in [6, 6.07) is 15.7. The van der Waals surface area contributed by atoms with Gasteiger partial charge in [0.05, 0.1) is 12.8 Å². The molecule has 0 radical (unpaired) electrons. The Morgan fingerprint density at radius 3 is 2.41 bits per heavy atom. The van der Waals surface area contributed by atoms with Crippen molar-refractivity contribution in [1.29, 1.82) is 0 Å². The third-order valence-electron chi connectivity index (χ3n) is 4.19. The van der Waals surface area contributed by atoms with E-state index in [4.69, 9.17) is 17.3 Å². The average Bonchev–Trinajstić information content (AvgIpc) is 2.67.